The topological polar surface area (TPSA) is 90.1 Å². The van der Waals surface area contributed by atoms with Gasteiger partial charge in [0.05, 0.1) is 27.7 Å². The minimum Gasteiger partial charge on any atom is -0.490 e. The molecule has 8 heteroatoms. The summed E-state index contributed by atoms with van der Waals surface area (Å²) < 4.78 is 13.9. The van der Waals surface area contributed by atoms with Gasteiger partial charge in [-0.3, -0.25) is 4.79 Å². The fraction of sp³-hybridized carbons (Fsp3) is 0.115. The highest BCUT2D eigenvalue weighted by atomic mass is 32.1. The Kier molecular flexibility index (Phi) is 5.73. The van der Waals surface area contributed by atoms with Crippen molar-refractivity contribution in [1.29, 1.82) is 0 Å². The van der Waals surface area contributed by atoms with Gasteiger partial charge in [-0.1, -0.05) is 41.7 Å². The highest BCUT2D eigenvalue weighted by molar-refractivity contribution is 7.15. The van der Waals surface area contributed by atoms with Gasteiger partial charge in [-0.25, -0.2) is 14.2 Å². The molecule has 5 aromatic rings. The zero-order chi connectivity index (χ0) is 23.7. The van der Waals surface area contributed by atoms with Gasteiger partial charge >= 0.3 is 5.97 Å². The van der Waals surface area contributed by atoms with Crippen molar-refractivity contribution in [3.05, 3.63) is 98.3 Å². The number of aromatic nitrogens is 2. The van der Waals surface area contributed by atoms with Crippen LogP contribution in [0.25, 0.3) is 22.1 Å². The van der Waals surface area contributed by atoms with Crippen molar-refractivity contribution in [2.45, 2.75) is 13.5 Å². The number of carbonyl (C=O) groups is 1. The highest BCUT2D eigenvalue weighted by Crippen LogP contribution is 2.29. The number of ether oxygens (including phenoxy) is 2. The molecule has 3 aromatic carbocycles. The van der Waals surface area contributed by atoms with Crippen molar-refractivity contribution in [3.8, 4) is 11.5 Å². The monoisotopic (exact) mass is 472 g/mol. The molecule has 7 nitrogen and oxygen atoms in total. The van der Waals surface area contributed by atoms with E-state index in [-0.39, 0.29) is 17.7 Å². The number of aromatic carboxylic acids is 1. The molecular weight excluding hydrogens is 452 g/mol. The van der Waals surface area contributed by atoms with E-state index < -0.39 is 5.97 Å². The average Bonchev–Trinajstić information content (AvgIpc) is 3.35. The van der Waals surface area contributed by atoms with E-state index in [4.69, 9.17) is 14.6 Å². The van der Waals surface area contributed by atoms with Crippen LogP contribution in [0, 0.1) is 0 Å². The van der Waals surface area contributed by atoms with E-state index in [1.807, 2.05) is 49.4 Å². The third-order valence-electron chi connectivity index (χ3n) is 5.31. The van der Waals surface area contributed by atoms with E-state index in [1.165, 1.54) is 11.3 Å². The van der Waals surface area contributed by atoms with Gasteiger partial charge in [0.15, 0.2) is 16.5 Å². The van der Waals surface area contributed by atoms with Crippen LogP contribution in [-0.4, -0.2) is 27.1 Å². The Morgan fingerprint density at radius 1 is 1.06 bits per heavy atom. The molecule has 34 heavy (non-hydrogen) atoms. The molecule has 1 N–H and O–H groups in total. The van der Waals surface area contributed by atoms with Gasteiger partial charge in [-0.05, 0) is 60.5 Å². The summed E-state index contributed by atoms with van der Waals surface area (Å²) in [5.74, 6) is 0.166. The molecule has 0 radical (unpaired) electrons. The number of fused-ring (bicyclic) bond motifs is 3. The number of thiazole rings is 1. The number of nitrogens with zero attached hydrogens (tertiary/aromatic N) is 2. The standard InChI is InChI=1S/C26H20N2O5S/c1-2-32-22-13-17(9-12-21(22)33-15-16-7-10-18(11-8-16)25(30)31)14-23-24(29)28-20-6-4-3-5-19(20)27-26(28)34-23/h3-14H,2,15H2,1H3,(H,30,31). The lowest BCUT2D eigenvalue weighted by atomic mass is 10.1. The van der Waals surface area contributed by atoms with Gasteiger partial charge in [0.25, 0.3) is 5.56 Å². The van der Waals surface area contributed by atoms with E-state index in [1.54, 1.807) is 34.7 Å². The predicted octanol–water partition coefficient (Wildman–Crippen LogP) is 4.13. The smallest absolute Gasteiger partial charge is 0.335 e. The van der Waals surface area contributed by atoms with Crippen LogP contribution in [0.15, 0.2) is 71.5 Å². The summed E-state index contributed by atoms with van der Waals surface area (Å²) in [6.07, 6.45) is 1.83. The van der Waals surface area contributed by atoms with E-state index in [9.17, 15) is 9.59 Å². The highest BCUT2D eigenvalue weighted by Gasteiger charge is 2.12. The molecule has 0 aliphatic carbocycles. The van der Waals surface area contributed by atoms with Crippen LogP contribution in [0.4, 0.5) is 0 Å². The van der Waals surface area contributed by atoms with Gasteiger partial charge < -0.3 is 14.6 Å². The zero-order valence-electron chi connectivity index (χ0n) is 18.2. The minimum absolute atomic E-state index is 0.100. The Bertz CT molecular complexity index is 1620. The summed E-state index contributed by atoms with van der Waals surface area (Å²) in [5.41, 5.74) is 3.38. The third-order valence-corrected chi connectivity index (χ3v) is 6.27. The number of hydrogen-bond donors (Lipinski definition) is 1. The van der Waals surface area contributed by atoms with Gasteiger partial charge in [0.1, 0.15) is 6.61 Å². The Morgan fingerprint density at radius 2 is 1.85 bits per heavy atom. The molecule has 2 heterocycles. The second-order valence-electron chi connectivity index (χ2n) is 7.56. The SMILES string of the molecule is CCOc1cc(C=c2sc3nc4ccccc4n3c2=O)ccc1OCc1ccc(C(=O)O)cc1. The fourth-order valence-electron chi connectivity index (χ4n) is 3.67. The molecule has 0 aliphatic heterocycles. The maximum absolute atomic E-state index is 13.0. The molecule has 2 aromatic heterocycles. The third kappa shape index (κ3) is 4.11. The molecule has 0 bridgehead atoms. The first kappa shape index (κ1) is 21.7. The molecule has 0 fully saturated rings. The average molecular weight is 473 g/mol. The summed E-state index contributed by atoms with van der Waals surface area (Å²) >= 11 is 1.35. The number of para-hydroxylation sites is 2. The summed E-state index contributed by atoms with van der Waals surface area (Å²) in [5, 5.41) is 9.03. The lowest BCUT2D eigenvalue weighted by Crippen LogP contribution is -2.22. The van der Waals surface area contributed by atoms with Crippen LogP contribution in [-0.2, 0) is 6.61 Å². The first-order chi connectivity index (χ1) is 16.5. The maximum Gasteiger partial charge on any atom is 0.335 e. The van der Waals surface area contributed by atoms with Crippen molar-refractivity contribution in [3.63, 3.8) is 0 Å². The zero-order valence-corrected chi connectivity index (χ0v) is 19.0. The number of hydrogen-bond acceptors (Lipinski definition) is 6. The van der Waals surface area contributed by atoms with E-state index >= 15 is 0 Å². The fourth-order valence-corrected chi connectivity index (χ4v) is 4.66. The van der Waals surface area contributed by atoms with Crippen LogP contribution < -0.4 is 19.6 Å². The van der Waals surface area contributed by atoms with Crippen molar-refractivity contribution >= 4 is 39.4 Å². The summed E-state index contributed by atoms with van der Waals surface area (Å²) in [6, 6.07) is 19.6. The summed E-state index contributed by atoms with van der Waals surface area (Å²) in [6.45, 7) is 2.61. The Balaban J connectivity index is 1.44. The van der Waals surface area contributed by atoms with Gasteiger partial charge in [0.2, 0.25) is 0 Å². The minimum atomic E-state index is -0.966. The van der Waals surface area contributed by atoms with Crippen molar-refractivity contribution in [2.75, 3.05) is 6.61 Å². The Morgan fingerprint density at radius 3 is 2.62 bits per heavy atom. The molecule has 0 aliphatic rings. The molecule has 170 valence electrons. The van der Waals surface area contributed by atoms with Gasteiger partial charge in [-0.15, -0.1) is 0 Å². The van der Waals surface area contributed by atoms with Gasteiger partial charge in [-0.2, -0.15) is 0 Å². The van der Waals surface area contributed by atoms with Crippen LogP contribution >= 0.6 is 11.3 Å². The molecule has 0 spiro atoms. The van der Waals surface area contributed by atoms with E-state index in [2.05, 4.69) is 4.98 Å². The Labute approximate surface area is 198 Å². The van der Waals surface area contributed by atoms with Crippen LogP contribution in [0.1, 0.15) is 28.4 Å². The maximum atomic E-state index is 13.0. The molecule has 0 unspecified atom stereocenters. The number of imidazole rings is 1. The normalized spacial score (nSPS) is 11.9. The second kappa shape index (κ2) is 8.99. The van der Waals surface area contributed by atoms with Crippen LogP contribution in [0.3, 0.4) is 0 Å². The molecule has 0 saturated carbocycles. The van der Waals surface area contributed by atoms with E-state index in [0.29, 0.717) is 27.6 Å². The summed E-state index contributed by atoms with van der Waals surface area (Å²) in [7, 11) is 0. The van der Waals surface area contributed by atoms with Crippen LogP contribution in [0.2, 0.25) is 0 Å². The predicted molar refractivity (Wildman–Crippen MR) is 131 cm³/mol. The van der Waals surface area contributed by atoms with Crippen molar-refractivity contribution < 1.29 is 19.4 Å². The molecule has 5 rings (SSSR count). The largest absolute Gasteiger partial charge is 0.490 e. The van der Waals surface area contributed by atoms with Crippen molar-refractivity contribution in [2.24, 2.45) is 0 Å². The van der Waals surface area contributed by atoms with Crippen molar-refractivity contribution in [1.82, 2.24) is 9.38 Å². The lowest BCUT2D eigenvalue weighted by Gasteiger charge is -2.13. The second-order valence-corrected chi connectivity index (χ2v) is 8.57. The summed E-state index contributed by atoms with van der Waals surface area (Å²) in [4.78, 5) is 29.2. The van der Waals surface area contributed by atoms with Gasteiger partial charge in [0, 0.05) is 0 Å². The lowest BCUT2D eigenvalue weighted by molar-refractivity contribution is 0.0697. The molecule has 0 saturated heterocycles. The number of carboxylic acids is 1. The Hall–Kier alpha value is -4.17. The first-order valence-electron chi connectivity index (χ1n) is 10.7. The number of rotatable bonds is 7. The number of benzene rings is 3. The molecule has 0 amide bonds. The molecular formula is C26H20N2O5S. The quantitative estimate of drug-likeness (QED) is 0.383. The number of carboxylic acid groups (broad SMARTS) is 1. The first-order valence-corrected chi connectivity index (χ1v) is 11.5. The van der Waals surface area contributed by atoms with E-state index in [0.717, 1.165) is 22.2 Å². The molecule has 0 atom stereocenters. The van der Waals surface area contributed by atoms with Crippen LogP contribution in [0.5, 0.6) is 11.5 Å².